The van der Waals surface area contributed by atoms with Gasteiger partial charge in [0.1, 0.15) is 5.58 Å². The molecule has 1 heterocycles. The Morgan fingerprint density at radius 2 is 0.657 bits per heavy atom. The molecule has 0 fully saturated rings. The summed E-state index contributed by atoms with van der Waals surface area (Å²) in [4.78, 5) is 2.53. The first-order valence-electron chi connectivity index (χ1n) is 25.2. The van der Waals surface area contributed by atoms with Crippen LogP contribution in [0.25, 0.3) is 88.0 Å². The van der Waals surface area contributed by atoms with Crippen LogP contribution in [0, 0.1) is 0 Å². The number of hydrogen-bond donors (Lipinski definition) is 0. The summed E-state index contributed by atoms with van der Waals surface area (Å²) in [6, 6.07) is 66.7. The van der Waals surface area contributed by atoms with Crippen LogP contribution in [0.3, 0.4) is 0 Å². The van der Waals surface area contributed by atoms with Crippen molar-refractivity contribution < 1.29 is 4.42 Å². The molecule has 0 aliphatic heterocycles. The van der Waals surface area contributed by atoms with Crippen molar-refractivity contribution >= 4 is 60.5 Å². The van der Waals surface area contributed by atoms with Gasteiger partial charge in [-0.25, -0.2) is 0 Å². The maximum Gasteiger partial charge on any atom is 0.159 e. The van der Waals surface area contributed by atoms with E-state index in [1.165, 1.54) is 111 Å². The molecule has 0 saturated heterocycles. The second-order valence-electron chi connectivity index (χ2n) is 22.7. The molecular weight excluding hydrogens is 847 g/mol. The van der Waals surface area contributed by atoms with Gasteiger partial charge in [-0.2, -0.15) is 0 Å². The van der Waals surface area contributed by atoms with Crippen LogP contribution in [-0.2, 0) is 21.7 Å². The molecule has 0 spiro atoms. The molecule has 2 heteroatoms. The summed E-state index contributed by atoms with van der Waals surface area (Å²) < 4.78 is 6.99. The highest BCUT2D eigenvalue weighted by Crippen LogP contribution is 2.62. The Hall–Kier alpha value is -7.68. The lowest BCUT2D eigenvalue weighted by atomic mass is 9.63. The third-order valence-electron chi connectivity index (χ3n) is 17.8. The number of anilines is 3. The van der Waals surface area contributed by atoms with Crippen molar-refractivity contribution in [2.75, 3.05) is 4.90 Å². The highest BCUT2D eigenvalue weighted by molar-refractivity contribution is 6.18. The molecule has 0 radical (unpaired) electrons. The summed E-state index contributed by atoms with van der Waals surface area (Å²) in [5.74, 6) is 0. The van der Waals surface area contributed by atoms with E-state index in [1.54, 1.807) is 0 Å². The van der Waals surface area contributed by atoms with Crippen LogP contribution >= 0.6 is 0 Å². The summed E-state index contributed by atoms with van der Waals surface area (Å²) >= 11 is 0. The van der Waals surface area contributed by atoms with Crippen LogP contribution < -0.4 is 4.90 Å². The molecule has 10 aromatic carbocycles. The average Bonchev–Trinajstić information content (AvgIpc) is 3.95. The maximum atomic E-state index is 6.99. The van der Waals surface area contributed by atoms with Gasteiger partial charge in [0.25, 0.3) is 0 Å². The molecule has 0 N–H and O–H groups in total. The number of hydrogen-bond acceptors (Lipinski definition) is 2. The Labute approximate surface area is 409 Å². The molecule has 4 aliphatic carbocycles. The topological polar surface area (TPSA) is 16.4 Å². The summed E-state index contributed by atoms with van der Waals surface area (Å²) in [5, 5.41) is 7.34. The predicted octanol–water partition coefficient (Wildman–Crippen LogP) is 18.6. The third kappa shape index (κ3) is 4.75. The molecule has 0 unspecified atom stereocenters. The van der Waals surface area contributed by atoms with Crippen molar-refractivity contribution in [3.8, 4) is 44.5 Å². The van der Waals surface area contributed by atoms with E-state index in [2.05, 4.69) is 236 Å². The average molecular weight is 900 g/mol. The SMILES string of the molecule is CC1(C)c2ccccc2-c2ccc3c(c21)C(C)(C)c1cccc2c(N(c4ccc5c6c(cccc46)C(C)(C)c4c-5ccc5c4C(C)(C)c4ccccc4-5)c4cccc5c4oc4ccccc45)ccc-3c12. The van der Waals surface area contributed by atoms with E-state index < -0.39 is 0 Å². The minimum Gasteiger partial charge on any atom is -0.454 e. The number of furan rings is 1. The Balaban J connectivity index is 1.01. The molecular formula is C68H53NO. The van der Waals surface area contributed by atoms with E-state index in [9.17, 15) is 0 Å². The van der Waals surface area contributed by atoms with Gasteiger partial charge >= 0.3 is 0 Å². The highest BCUT2D eigenvalue weighted by Gasteiger charge is 2.47. The number of rotatable bonds is 3. The monoisotopic (exact) mass is 899 g/mol. The lowest BCUT2D eigenvalue weighted by Crippen LogP contribution is -2.30. The molecule has 11 aromatic rings. The van der Waals surface area contributed by atoms with Crippen molar-refractivity contribution in [2.45, 2.75) is 77.0 Å². The van der Waals surface area contributed by atoms with Crippen molar-refractivity contribution in [1.82, 2.24) is 0 Å². The summed E-state index contributed by atoms with van der Waals surface area (Å²) in [6.45, 7) is 19.6. The van der Waals surface area contributed by atoms with Gasteiger partial charge in [-0.05, 0) is 124 Å². The molecule has 0 amide bonds. The first-order valence-corrected chi connectivity index (χ1v) is 25.2. The van der Waals surface area contributed by atoms with Gasteiger partial charge in [0.15, 0.2) is 5.58 Å². The molecule has 15 rings (SSSR count). The summed E-state index contributed by atoms with van der Waals surface area (Å²) in [5.41, 5.74) is 26.4. The van der Waals surface area contributed by atoms with E-state index in [0.717, 1.165) is 39.0 Å². The minimum absolute atomic E-state index is 0.132. The molecule has 2 nitrogen and oxygen atoms in total. The largest absolute Gasteiger partial charge is 0.454 e. The second-order valence-corrected chi connectivity index (χ2v) is 22.7. The van der Waals surface area contributed by atoms with Crippen LogP contribution in [0.5, 0.6) is 0 Å². The molecule has 4 aliphatic rings. The number of fused-ring (bicyclic) bond motifs is 15. The molecule has 0 atom stereocenters. The molecule has 70 heavy (non-hydrogen) atoms. The van der Waals surface area contributed by atoms with Crippen LogP contribution in [0.2, 0.25) is 0 Å². The van der Waals surface area contributed by atoms with Crippen molar-refractivity contribution in [2.24, 2.45) is 0 Å². The quantitative estimate of drug-likeness (QED) is 0.176. The van der Waals surface area contributed by atoms with Gasteiger partial charge in [-0.1, -0.05) is 207 Å². The van der Waals surface area contributed by atoms with Gasteiger partial charge in [0.2, 0.25) is 0 Å². The van der Waals surface area contributed by atoms with Gasteiger partial charge in [0, 0.05) is 43.2 Å². The molecule has 0 bridgehead atoms. The number of benzene rings is 10. The highest BCUT2D eigenvalue weighted by atomic mass is 16.3. The fourth-order valence-electron chi connectivity index (χ4n) is 14.7. The van der Waals surface area contributed by atoms with Crippen molar-refractivity contribution in [1.29, 1.82) is 0 Å². The Morgan fingerprint density at radius 3 is 1.17 bits per heavy atom. The molecule has 336 valence electrons. The van der Waals surface area contributed by atoms with Gasteiger partial charge in [-0.3, -0.25) is 0 Å². The van der Waals surface area contributed by atoms with Gasteiger partial charge in [0.05, 0.1) is 17.1 Å². The van der Waals surface area contributed by atoms with Crippen molar-refractivity contribution in [3.63, 3.8) is 0 Å². The normalized spacial score (nSPS) is 16.5. The lowest BCUT2D eigenvalue weighted by molar-refractivity contribution is 0.591. The van der Waals surface area contributed by atoms with Gasteiger partial charge < -0.3 is 9.32 Å². The summed E-state index contributed by atoms with van der Waals surface area (Å²) in [7, 11) is 0. The zero-order valence-corrected chi connectivity index (χ0v) is 41.1. The predicted molar refractivity (Wildman–Crippen MR) is 294 cm³/mol. The fourth-order valence-corrected chi connectivity index (χ4v) is 14.7. The Bertz CT molecular complexity index is 3970. The Morgan fingerprint density at radius 1 is 0.286 bits per heavy atom. The Kier molecular flexibility index (Phi) is 7.55. The van der Waals surface area contributed by atoms with Gasteiger partial charge in [-0.15, -0.1) is 0 Å². The zero-order chi connectivity index (χ0) is 47.4. The van der Waals surface area contributed by atoms with Crippen LogP contribution in [-0.4, -0.2) is 0 Å². The smallest absolute Gasteiger partial charge is 0.159 e. The number of nitrogens with zero attached hydrogens (tertiary/aromatic N) is 1. The maximum absolute atomic E-state index is 6.99. The van der Waals surface area contributed by atoms with Crippen LogP contribution in [0.15, 0.2) is 180 Å². The first kappa shape index (κ1) is 40.2. The lowest BCUT2D eigenvalue weighted by Gasteiger charge is -2.41. The fraction of sp³-hybridized carbons (Fsp3) is 0.176. The van der Waals surface area contributed by atoms with E-state index in [4.69, 9.17) is 4.42 Å². The first-order chi connectivity index (χ1) is 33.8. The van der Waals surface area contributed by atoms with Crippen LogP contribution in [0.4, 0.5) is 17.1 Å². The van der Waals surface area contributed by atoms with E-state index in [0.29, 0.717) is 0 Å². The van der Waals surface area contributed by atoms with E-state index in [-0.39, 0.29) is 21.7 Å². The standard InChI is InChI=1S/C68H53NO/c1-65(2)50-24-12-9-18-38(50)43-30-32-45-41-34-36-54(48-22-15-26-52(58(41)48)67(5,6)62(45)60(43)65)69(56-28-17-21-47-40-20-11-14-29-57(40)70-64(47)56)55-37-35-42-46-33-31-44-39-19-10-13-25-51(39)66(3,4)61(44)63(46)68(7,8)53-27-16-23-49(55)59(42)53/h9-37H,1-8H3. The third-order valence-corrected chi connectivity index (χ3v) is 17.8. The zero-order valence-electron chi connectivity index (χ0n) is 41.1. The second kappa shape index (κ2) is 13.1. The van der Waals surface area contributed by atoms with E-state index in [1.807, 2.05) is 0 Å². The minimum atomic E-state index is -0.274. The van der Waals surface area contributed by atoms with Crippen molar-refractivity contribution in [3.05, 3.63) is 220 Å². The summed E-state index contributed by atoms with van der Waals surface area (Å²) in [6.07, 6.45) is 0. The number of para-hydroxylation sites is 2. The van der Waals surface area contributed by atoms with Crippen LogP contribution in [0.1, 0.15) is 99.9 Å². The molecule has 1 aromatic heterocycles. The molecule has 0 saturated carbocycles. The van der Waals surface area contributed by atoms with E-state index >= 15 is 0 Å².